The van der Waals surface area contributed by atoms with Crippen LogP contribution in [-0.2, 0) is 25.5 Å². The Morgan fingerprint density at radius 3 is 2.63 bits per heavy atom. The van der Waals surface area contributed by atoms with Crippen molar-refractivity contribution in [1.29, 1.82) is 0 Å². The average Bonchev–Trinajstić information content (AvgIpc) is 3.35. The highest BCUT2D eigenvalue weighted by Gasteiger charge is 2.40. The molecule has 1 amide bonds. The van der Waals surface area contributed by atoms with Gasteiger partial charge in [-0.1, -0.05) is 13.3 Å². The largest absolute Gasteiger partial charge is 0.462 e. The molecule has 7 heteroatoms. The minimum Gasteiger partial charge on any atom is -0.462 e. The average molecular weight is 394 g/mol. The van der Waals surface area contributed by atoms with Crippen molar-refractivity contribution in [3.8, 4) is 0 Å². The zero-order chi connectivity index (χ0) is 19.4. The van der Waals surface area contributed by atoms with Gasteiger partial charge in [-0.15, -0.1) is 11.3 Å². The first-order valence-electron chi connectivity index (χ1n) is 9.75. The van der Waals surface area contributed by atoms with Crippen molar-refractivity contribution in [2.45, 2.75) is 52.4 Å². The van der Waals surface area contributed by atoms with Gasteiger partial charge in [-0.25, -0.2) is 4.79 Å². The number of esters is 2. The summed E-state index contributed by atoms with van der Waals surface area (Å²) in [7, 11) is 0. The Bertz CT molecular complexity index is 713. The maximum atomic E-state index is 12.2. The zero-order valence-corrected chi connectivity index (χ0v) is 16.7. The number of hydrogen-bond acceptors (Lipinski definition) is 6. The van der Waals surface area contributed by atoms with E-state index in [4.69, 9.17) is 9.47 Å². The number of anilines is 1. The highest BCUT2D eigenvalue weighted by Crippen LogP contribution is 2.49. The van der Waals surface area contributed by atoms with Crippen LogP contribution in [0.4, 0.5) is 5.00 Å². The molecule has 2 aliphatic carbocycles. The molecule has 2 fully saturated rings. The van der Waals surface area contributed by atoms with Gasteiger partial charge in [-0.2, -0.15) is 0 Å². The summed E-state index contributed by atoms with van der Waals surface area (Å²) in [5.41, 5.74) is 0.348. The van der Waals surface area contributed by atoms with Crippen molar-refractivity contribution in [2.24, 2.45) is 17.8 Å². The summed E-state index contributed by atoms with van der Waals surface area (Å²) < 4.78 is 10.2. The van der Waals surface area contributed by atoms with Crippen molar-refractivity contribution >= 4 is 34.2 Å². The molecule has 1 aromatic heterocycles. The van der Waals surface area contributed by atoms with Crippen LogP contribution in [0.2, 0.25) is 0 Å². The van der Waals surface area contributed by atoms with Gasteiger partial charge in [0.25, 0.3) is 5.91 Å². The van der Waals surface area contributed by atoms with E-state index < -0.39 is 11.9 Å². The molecule has 1 N–H and O–H groups in total. The predicted molar refractivity (Wildman–Crippen MR) is 103 cm³/mol. The van der Waals surface area contributed by atoms with Gasteiger partial charge in [-0.05, 0) is 56.4 Å². The Morgan fingerprint density at radius 2 is 2.00 bits per heavy atom. The Labute approximate surface area is 163 Å². The monoisotopic (exact) mass is 393 g/mol. The van der Waals surface area contributed by atoms with E-state index in [0.717, 1.165) is 23.6 Å². The van der Waals surface area contributed by atoms with Crippen LogP contribution in [0.1, 0.15) is 61.2 Å². The van der Waals surface area contributed by atoms with Crippen molar-refractivity contribution in [2.75, 3.05) is 18.5 Å². The van der Waals surface area contributed by atoms with Gasteiger partial charge in [0.2, 0.25) is 0 Å². The molecule has 1 heterocycles. The summed E-state index contributed by atoms with van der Waals surface area (Å²) in [6.45, 7) is 3.65. The zero-order valence-electron chi connectivity index (χ0n) is 15.9. The smallest absolute Gasteiger partial charge is 0.341 e. The molecule has 0 aromatic carbocycles. The number of ether oxygens (including phenoxy) is 2. The standard InChI is InChI=1S/C20H27NO5S/c1-3-15-10-16(20(24)25-4-2)19(27-15)21-17(22)11-26-18(23)9-14-8-12-5-6-13(14)7-12/h10,12-14H,3-9,11H2,1-2H3,(H,21,22)/t12-,13+,14-/m0/s1. The number of amides is 1. The van der Waals surface area contributed by atoms with Gasteiger partial charge < -0.3 is 14.8 Å². The molecule has 3 atom stereocenters. The second kappa shape index (κ2) is 8.87. The van der Waals surface area contributed by atoms with Crippen LogP contribution in [0.3, 0.4) is 0 Å². The molecule has 0 aliphatic heterocycles. The highest BCUT2D eigenvalue weighted by molar-refractivity contribution is 7.16. The molecule has 6 nitrogen and oxygen atoms in total. The first-order valence-corrected chi connectivity index (χ1v) is 10.6. The van der Waals surface area contributed by atoms with Crippen molar-refractivity contribution in [3.63, 3.8) is 0 Å². The maximum absolute atomic E-state index is 12.2. The number of carbonyl (C=O) groups is 3. The Kier molecular flexibility index (Phi) is 6.52. The van der Waals surface area contributed by atoms with Gasteiger partial charge in [0.05, 0.1) is 12.2 Å². The Morgan fingerprint density at radius 1 is 1.19 bits per heavy atom. The molecular weight excluding hydrogens is 366 g/mol. The molecule has 2 saturated carbocycles. The maximum Gasteiger partial charge on any atom is 0.341 e. The lowest BCUT2D eigenvalue weighted by atomic mass is 9.86. The second-order valence-corrected chi connectivity index (χ2v) is 8.51. The van der Waals surface area contributed by atoms with Crippen LogP contribution in [0.15, 0.2) is 6.07 Å². The van der Waals surface area contributed by atoms with Gasteiger partial charge in [-0.3, -0.25) is 9.59 Å². The van der Waals surface area contributed by atoms with E-state index in [1.165, 1.54) is 30.6 Å². The first-order chi connectivity index (χ1) is 13.0. The van der Waals surface area contributed by atoms with E-state index in [1.54, 1.807) is 13.0 Å². The van der Waals surface area contributed by atoms with Crippen molar-refractivity contribution < 1.29 is 23.9 Å². The third-order valence-corrected chi connectivity index (χ3v) is 6.75. The van der Waals surface area contributed by atoms with E-state index in [9.17, 15) is 14.4 Å². The van der Waals surface area contributed by atoms with Crippen molar-refractivity contribution in [3.05, 3.63) is 16.5 Å². The van der Waals surface area contributed by atoms with Gasteiger partial charge >= 0.3 is 11.9 Å². The normalized spacial score (nSPS) is 23.3. The van der Waals surface area contributed by atoms with Gasteiger partial charge in [0.15, 0.2) is 6.61 Å². The summed E-state index contributed by atoms with van der Waals surface area (Å²) in [4.78, 5) is 37.3. The topological polar surface area (TPSA) is 81.7 Å². The van der Waals surface area contributed by atoms with Crippen LogP contribution in [-0.4, -0.2) is 31.1 Å². The quantitative estimate of drug-likeness (QED) is 0.680. The van der Waals surface area contributed by atoms with E-state index in [1.807, 2.05) is 6.92 Å². The number of aryl methyl sites for hydroxylation is 1. The number of carbonyl (C=O) groups excluding carboxylic acids is 3. The fourth-order valence-electron chi connectivity index (χ4n) is 4.28. The number of rotatable bonds is 8. The molecule has 0 saturated heterocycles. The molecule has 0 unspecified atom stereocenters. The predicted octanol–water partition coefficient (Wildman–Crippen LogP) is 3.80. The summed E-state index contributed by atoms with van der Waals surface area (Å²) in [5, 5.41) is 3.13. The Hall–Kier alpha value is -1.89. The summed E-state index contributed by atoms with van der Waals surface area (Å²) in [5.74, 6) is 0.641. The van der Waals surface area contributed by atoms with Crippen LogP contribution in [0.5, 0.6) is 0 Å². The fraction of sp³-hybridized carbons (Fsp3) is 0.650. The molecule has 0 radical (unpaired) electrons. The van der Waals surface area contributed by atoms with Crippen LogP contribution in [0.25, 0.3) is 0 Å². The molecule has 148 valence electrons. The molecule has 2 bridgehead atoms. The summed E-state index contributed by atoms with van der Waals surface area (Å²) >= 11 is 1.34. The van der Waals surface area contributed by atoms with Crippen LogP contribution >= 0.6 is 11.3 Å². The highest BCUT2D eigenvalue weighted by atomic mass is 32.1. The minimum atomic E-state index is -0.461. The summed E-state index contributed by atoms with van der Waals surface area (Å²) in [6.07, 6.45) is 6.03. The van der Waals surface area contributed by atoms with Gasteiger partial charge in [0.1, 0.15) is 5.00 Å². The lowest BCUT2D eigenvalue weighted by molar-refractivity contribution is -0.148. The molecule has 1 aromatic rings. The number of nitrogens with one attached hydrogen (secondary N) is 1. The third-order valence-electron chi connectivity index (χ3n) is 5.56. The van der Waals surface area contributed by atoms with E-state index in [-0.39, 0.29) is 19.2 Å². The minimum absolute atomic E-state index is 0.268. The number of hydrogen-bond donors (Lipinski definition) is 1. The Balaban J connectivity index is 1.49. The van der Waals surface area contributed by atoms with Gasteiger partial charge in [0, 0.05) is 11.3 Å². The first kappa shape index (κ1) is 19.9. The molecule has 27 heavy (non-hydrogen) atoms. The molecule has 3 rings (SSSR count). The molecular formula is C20H27NO5S. The summed E-state index contributed by atoms with van der Waals surface area (Å²) in [6, 6.07) is 1.74. The van der Waals surface area contributed by atoms with E-state index in [0.29, 0.717) is 28.8 Å². The van der Waals surface area contributed by atoms with Crippen molar-refractivity contribution in [1.82, 2.24) is 0 Å². The molecule has 2 aliphatic rings. The van der Waals surface area contributed by atoms with E-state index in [2.05, 4.69) is 5.32 Å². The van der Waals surface area contributed by atoms with E-state index >= 15 is 0 Å². The fourth-order valence-corrected chi connectivity index (χ4v) is 5.28. The SMILES string of the molecule is CCOC(=O)c1cc(CC)sc1NC(=O)COC(=O)C[C@@H]1C[C@H]2CC[C@@H]1C2. The lowest BCUT2D eigenvalue weighted by Gasteiger charge is -2.20. The number of thiophene rings is 1. The molecule has 0 spiro atoms. The van der Waals surface area contributed by atoms with Crippen LogP contribution in [0, 0.1) is 17.8 Å². The lowest BCUT2D eigenvalue weighted by Crippen LogP contribution is -2.23. The number of fused-ring (bicyclic) bond motifs is 2. The second-order valence-electron chi connectivity index (χ2n) is 7.38. The van der Waals surface area contributed by atoms with Crippen LogP contribution < -0.4 is 5.32 Å². The third kappa shape index (κ3) is 4.89.